The van der Waals surface area contributed by atoms with Crippen molar-refractivity contribution in [1.82, 2.24) is 4.90 Å². The Morgan fingerprint density at radius 2 is 2.05 bits per heavy atom. The highest BCUT2D eigenvalue weighted by atomic mass is 19.4. The van der Waals surface area contributed by atoms with Gasteiger partial charge in [0, 0.05) is 24.6 Å². The van der Waals surface area contributed by atoms with E-state index in [1.165, 1.54) is 6.07 Å². The fraction of sp³-hybridized carbons (Fsp3) is 0.400. The van der Waals surface area contributed by atoms with Gasteiger partial charge in [0.25, 0.3) is 5.91 Å². The molecule has 0 aliphatic heterocycles. The number of carbonyl (C=O) groups is 1. The first kappa shape index (κ1) is 17.1. The van der Waals surface area contributed by atoms with Crippen LogP contribution >= 0.6 is 0 Å². The number of alkyl halides is 3. The van der Waals surface area contributed by atoms with Crippen LogP contribution in [0.4, 0.5) is 13.2 Å². The number of rotatable bonds is 3. The topological polar surface area (TPSA) is 40.5 Å². The van der Waals surface area contributed by atoms with Crippen molar-refractivity contribution in [3.8, 4) is 11.8 Å². The molecule has 1 N–H and O–H groups in total. The zero-order valence-corrected chi connectivity index (χ0v) is 11.8. The molecule has 0 bridgehead atoms. The molecule has 6 heteroatoms. The molecule has 1 rings (SSSR count). The maximum absolute atomic E-state index is 12.3. The molecule has 0 aliphatic carbocycles. The van der Waals surface area contributed by atoms with E-state index in [-0.39, 0.29) is 12.2 Å². The van der Waals surface area contributed by atoms with Crippen molar-refractivity contribution in [1.29, 1.82) is 0 Å². The van der Waals surface area contributed by atoms with Crippen LogP contribution in [-0.2, 0) is 0 Å². The maximum Gasteiger partial charge on any atom is 0.406 e. The van der Waals surface area contributed by atoms with Crippen LogP contribution in [0.5, 0.6) is 0 Å². The second-order valence-corrected chi connectivity index (χ2v) is 4.58. The third kappa shape index (κ3) is 5.48. The van der Waals surface area contributed by atoms with Gasteiger partial charge in [-0.2, -0.15) is 13.2 Å². The number of amides is 1. The van der Waals surface area contributed by atoms with E-state index in [2.05, 4.69) is 11.8 Å². The molecule has 114 valence electrons. The molecule has 0 spiro atoms. The van der Waals surface area contributed by atoms with Gasteiger partial charge in [-0.15, -0.1) is 0 Å². The van der Waals surface area contributed by atoms with Gasteiger partial charge in [0.1, 0.15) is 6.54 Å². The van der Waals surface area contributed by atoms with Crippen LogP contribution in [0.1, 0.15) is 27.9 Å². The second kappa shape index (κ2) is 7.14. The molecule has 0 saturated carbocycles. The number of benzene rings is 1. The summed E-state index contributed by atoms with van der Waals surface area (Å²) in [5.74, 6) is 4.75. The summed E-state index contributed by atoms with van der Waals surface area (Å²) in [5.41, 5.74) is 1.30. The third-order valence-corrected chi connectivity index (χ3v) is 2.70. The predicted octanol–water partition coefficient (Wildman–Crippen LogP) is 2.36. The molecule has 0 saturated heterocycles. The highest BCUT2D eigenvalue weighted by Crippen LogP contribution is 2.18. The number of hydrogen-bond donors (Lipinski definition) is 1. The van der Waals surface area contributed by atoms with Gasteiger partial charge in [-0.1, -0.05) is 17.9 Å². The Labute approximate surface area is 121 Å². The molecule has 1 aromatic carbocycles. The van der Waals surface area contributed by atoms with Crippen LogP contribution in [0.2, 0.25) is 0 Å². The molecule has 0 heterocycles. The zero-order valence-electron chi connectivity index (χ0n) is 11.8. The normalized spacial score (nSPS) is 10.8. The fourth-order valence-electron chi connectivity index (χ4n) is 1.70. The molecule has 0 atom stereocenters. The summed E-state index contributed by atoms with van der Waals surface area (Å²) < 4.78 is 37.0. The van der Waals surface area contributed by atoms with Gasteiger partial charge < -0.3 is 10.0 Å². The molecule has 0 unspecified atom stereocenters. The summed E-state index contributed by atoms with van der Waals surface area (Å²) in [4.78, 5) is 12.7. The molecule has 3 nitrogen and oxygen atoms in total. The van der Waals surface area contributed by atoms with Gasteiger partial charge in [0.05, 0.1) is 6.61 Å². The van der Waals surface area contributed by atoms with Crippen molar-refractivity contribution in [3.63, 3.8) is 0 Å². The SMILES string of the molecule is Cc1ccc(C#CCCO)cc1C(=O)N(C)CC(F)(F)F. The van der Waals surface area contributed by atoms with Crippen molar-refractivity contribution >= 4 is 5.91 Å². The Morgan fingerprint density at radius 3 is 2.62 bits per heavy atom. The monoisotopic (exact) mass is 299 g/mol. The van der Waals surface area contributed by atoms with Gasteiger partial charge in [0.15, 0.2) is 0 Å². The Bertz CT molecular complexity index is 571. The largest absolute Gasteiger partial charge is 0.406 e. The molecule has 0 aliphatic rings. The number of nitrogens with zero attached hydrogens (tertiary/aromatic N) is 1. The van der Waals surface area contributed by atoms with E-state index in [1.807, 2.05) is 0 Å². The minimum Gasteiger partial charge on any atom is -0.395 e. The van der Waals surface area contributed by atoms with E-state index >= 15 is 0 Å². The van der Waals surface area contributed by atoms with E-state index < -0.39 is 18.6 Å². The van der Waals surface area contributed by atoms with Crippen molar-refractivity contribution in [2.24, 2.45) is 0 Å². The van der Waals surface area contributed by atoms with Crippen LogP contribution in [-0.4, -0.2) is 42.3 Å². The Kier molecular flexibility index (Phi) is 5.79. The van der Waals surface area contributed by atoms with E-state index in [0.717, 1.165) is 7.05 Å². The average molecular weight is 299 g/mol. The molecule has 1 aromatic rings. The molecular weight excluding hydrogens is 283 g/mol. The van der Waals surface area contributed by atoms with Crippen molar-refractivity contribution in [2.45, 2.75) is 19.5 Å². The lowest BCUT2D eigenvalue weighted by atomic mass is 10.0. The number of aryl methyl sites for hydroxylation is 1. The van der Waals surface area contributed by atoms with Crippen molar-refractivity contribution in [2.75, 3.05) is 20.2 Å². The lowest BCUT2D eigenvalue weighted by Crippen LogP contribution is -2.36. The second-order valence-electron chi connectivity index (χ2n) is 4.58. The number of aliphatic hydroxyl groups is 1. The molecular formula is C15H16F3NO2. The van der Waals surface area contributed by atoms with Gasteiger partial charge in [0.2, 0.25) is 0 Å². The summed E-state index contributed by atoms with van der Waals surface area (Å²) in [6, 6.07) is 4.78. The van der Waals surface area contributed by atoms with Crippen molar-refractivity contribution in [3.05, 3.63) is 34.9 Å². The third-order valence-electron chi connectivity index (χ3n) is 2.70. The first-order valence-corrected chi connectivity index (χ1v) is 6.27. The van der Waals surface area contributed by atoms with E-state index in [4.69, 9.17) is 5.11 Å². The Hall–Kier alpha value is -2.00. The predicted molar refractivity (Wildman–Crippen MR) is 72.8 cm³/mol. The zero-order chi connectivity index (χ0) is 16.0. The summed E-state index contributed by atoms with van der Waals surface area (Å²) in [6.07, 6.45) is -4.14. The highest BCUT2D eigenvalue weighted by Gasteiger charge is 2.31. The van der Waals surface area contributed by atoms with Crippen LogP contribution in [0.25, 0.3) is 0 Å². The van der Waals surface area contributed by atoms with Crippen LogP contribution < -0.4 is 0 Å². The first-order valence-electron chi connectivity index (χ1n) is 6.27. The van der Waals surface area contributed by atoms with E-state index in [0.29, 0.717) is 22.4 Å². The number of aliphatic hydroxyl groups excluding tert-OH is 1. The maximum atomic E-state index is 12.3. The van der Waals surface area contributed by atoms with E-state index in [1.54, 1.807) is 19.1 Å². The Morgan fingerprint density at radius 1 is 1.38 bits per heavy atom. The molecule has 0 aromatic heterocycles. The van der Waals surface area contributed by atoms with Crippen molar-refractivity contribution < 1.29 is 23.1 Å². The highest BCUT2D eigenvalue weighted by molar-refractivity contribution is 5.95. The number of halogens is 3. The standard InChI is InChI=1S/C15H16F3NO2/c1-11-6-7-12(5-3-4-8-20)9-13(11)14(21)19(2)10-15(16,17)18/h6-7,9,20H,4,8,10H2,1-2H3. The first-order chi connectivity index (χ1) is 9.74. The smallest absolute Gasteiger partial charge is 0.395 e. The summed E-state index contributed by atoms with van der Waals surface area (Å²) in [6.45, 7) is 0.282. The molecule has 1 amide bonds. The summed E-state index contributed by atoms with van der Waals surface area (Å²) >= 11 is 0. The van der Waals surface area contributed by atoms with E-state index in [9.17, 15) is 18.0 Å². The minimum absolute atomic E-state index is 0.0705. The number of carbonyl (C=O) groups excluding carboxylic acids is 1. The minimum atomic E-state index is -4.43. The van der Waals surface area contributed by atoms with Crippen LogP contribution in [0, 0.1) is 18.8 Å². The lowest BCUT2D eigenvalue weighted by molar-refractivity contribution is -0.138. The Balaban J connectivity index is 2.99. The molecule has 0 fully saturated rings. The number of hydrogen-bond acceptors (Lipinski definition) is 2. The quantitative estimate of drug-likeness (QED) is 0.871. The van der Waals surface area contributed by atoms with Crippen LogP contribution in [0.3, 0.4) is 0 Å². The average Bonchev–Trinajstić information content (AvgIpc) is 2.38. The van der Waals surface area contributed by atoms with Gasteiger partial charge >= 0.3 is 6.18 Å². The van der Waals surface area contributed by atoms with Crippen LogP contribution in [0.15, 0.2) is 18.2 Å². The van der Waals surface area contributed by atoms with Gasteiger partial charge in [-0.05, 0) is 24.6 Å². The lowest BCUT2D eigenvalue weighted by Gasteiger charge is -2.20. The summed E-state index contributed by atoms with van der Waals surface area (Å²) in [5, 5.41) is 8.64. The summed E-state index contributed by atoms with van der Waals surface area (Å²) in [7, 11) is 1.11. The van der Waals surface area contributed by atoms with Gasteiger partial charge in [-0.3, -0.25) is 4.79 Å². The molecule has 0 radical (unpaired) electrons. The molecule has 21 heavy (non-hydrogen) atoms. The fourth-order valence-corrected chi connectivity index (χ4v) is 1.70. The van der Waals surface area contributed by atoms with Gasteiger partial charge in [-0.25, -0.2) is 0 Å².